The van der Waals surface area contributed by atoms with E-state index in [1.807, 2.05) is 54.6 Å². The molecule has 1 heterocycles. The summed E-state index contributed by atoms with van der Waals surface area (Å²) in [6.45, 7) is 0. The van der Waals surface area contributed by atoms with E-state index in [1.54, 1.807) is 7.05 Å². The molecule has 2 atom stereocenters. The van der Waals surface area contributed by atoms with Gasteiger partial charge in [-0.15, -0.1) is 0 Å². The van der Waals surface area contributed by atoms with Crippen molar-refractivity contribution in [2.24, 2.45) is 4.99 Å². The van der Waals surface area contributed by atoms with Gasteiger partial charge in [0.25, 0.3) is 0 Å². The van der Waals surface area contributed by atoms with Crippen molar-refractivity contribution in [2.75, 3.05) is 7.05 Å². The van der Waals surface area contributed by atoms with E-state index in [2.05, 4.69) is 16.4 Å². The van der Waals surface area contributed by atoms with Crippen LogP contribution in [0.4, 0.5) is 0 Å². The van der Waals surface area contributed by atoms with Gasteiger partial charge in [-0.3, -0.25) is 5.32 Å². The second-order valence-electron chi connectivity index (χ2n) is 4.75. The van der Waals surface area contributed by atoms with Crippen LogP contribution in [-0.2, 0) is 4.74 Å². The zero-order valence-electron chi connectivity index (χ0n) is 11.7. The average molecular weight is 277 g/mol. The van der Waals surface area contributed by atoms with Gasteiger partial charge in [-0.05, 0) is 24.2 Å². The normalized spacial score (nSPS) is 20.5. The van der Waals surface area contributed by atoms with Crippen molar-refractivity contribution in [2.45, 2.75) is 12.3 Å². The summed E-state index contributed by atoms with van der Waals surface area (Å²) in [5, 5.41) is 12.1. The lowest BCUT2D eigenvalue weighted by Gasteiger charge is -2.13. The van der Waals surface area contributed by atoms with Crippen LogP contribution in [0.5, 0.6) is 0 Å². The Morgan fingerprint density at radius 2 is 1.71 bits per heavy atom. The first-order chi connectivity index (χ1) is 10.3. The van der Waals surface area contributed by atoms with E-state index in [9.17, 15) is 0 Å². The number of hydrogen-bond donors (Lipinski definition) is 1. The van der Waals surface area contributed by atoms with Crippen molar-refractivity contribution in [3.63, 3.8) is 0 Å². The molecular formula is C17H15N3O. The molecule has 2 aromatic rings. The van der Waals surface area contributed by atoms with Gasteiger partial charge in [-0.25, -0.2) is 4.99 Å². The Labute approximate surface area is 123 Å². The molecule has 0 aliphatic carbocycles. The van der Waals surface area contributed by atoms with Crippen molar-refractivity contribution in [3.8, 4) is 17.2 Å². The number of aliphatic imine (C=N–C) groups is 1. The van der Waals surface area contributed by atoms with E-state index in [0.29, 0.717) is 5.90 Å². The average Bonchev–Trinajstić information content (AvgIpc) is 2.99. The molecule has 1 aliphatic heterocycles. The molecule has 0 spiro atoms. The van der Waals surface area contributed by atoms with Crippen LogP contribution in [0.25, 0.3) is 11.1 Å². The fraction of sp³-hybridized carbons (Fsp3) is 0.176. The monoisotopic (exact) mass is 277 g/mol. The number of nitrogens with zero attached hydrogens (tertiary/aromatic N) is 2. The van der Waals surface area contributed by atoms with E-state index in [1.165, 1.54) is 0 Å². The highest BCUT2D eigenvalue weighted by Gasteiger charge is 2.31. The van der Waals surface area contributed by atoms with E-state index in [-0.39, 0.29) is 0 Å². The molecule has 2 aromatic carbocycles. The molecule has 4 heteroatoms. The Morgan fingerprint density at radius 3 is 2.33 bits per heavy atom. The fourth-order valence-electron chi connectivity index (χ4n) is 2.39. The Hall–Kier alpha value is -2.64. The van der Waals surface area contributed by atoms with Crippen LogP contribution in [0.1, 0.15) is 5.56 Å². The summed E-state index contributed by atoms with van der Waals surface area (Å²) in [6.07, 6.45) is -0.395. The zero-order chi connectivity index (χ0) is 14.7. The van der Waals surface area contributed by atoms with Crippen molar-refractivity contribution >= 4 is 5.90 Å². The molecule has 0 saturated heterocycles. The predicted molar refractivity (Wildman–Crippen MR) is 81.7 cm³/mol. The minimum Gasteiger partial charge on any atom is -0.455 e. The second-order valence-corrected chi connectivity index (χ2v) is 4.75. The molecule has 0 bridgehead atoms. The largest absolute Gasteiger partial charge is 0.455 e. The van der Waals surface area contributed by atoms with Crippen LogP contribution in [0.3, 0.4) is 0 Å². The Balaban J connectivity index is 2.03. The summed E-state index contributed by atoms with van der Waals surface area (Å²) < 4.78 is 5.78. The predicted octanol–water partition coefficient (Wildman–Crippen LogP) is 2.57. The molecule has 21 heavy (non-hydrogen) atoms. The third-order valence-corrected chi connectivity index (χ3v) is 3.44. The van der Waals surface area contributed by atoms with Crippen molar-refractivity contribution < 1.29 is 4.74 Å². The van der Waals surface area contributed by atoms with Gasteiger partial charge in [0.1, 0.15) is 0 Å². The summed E-state index contributed by atoms with van der Waals surface area (Å²) in [5.74, 6) is 0.514. The number of nitriles is 1. The second kappa shape index (κ2) is 5.78. The number of rotatable bonds is 3. The molecule has 3 rings (SSSR count). The quantitative estimate of drug-likeness (QED) is 0.938. The molecule has 0 amide bonds. The van der Waals surface area contributed by atoms with Gasteiger partial charge in [-0.1, -0.05) is 48.5 Å². The van der Waals surface area contributed by atoms with Gasteiger partial charge < -0.3 is 4.74 Å². The first kappa shape index (κ1) is 13.3. The topological polar surface area (TPSA) is 57.4 Å². The molecule has 1 N–H and O–H groups in total. The summed E-state index contributed by atoms with van der Waals surface area (Å²) >= 11 is 0. The van der Waals surface area contributed by atoms with Crippen molar-refractivity contribution in [1.82, 2.24) is 5.32 Å². The van der Waals surface area contributed by atoms with Crippen LogP contribution in [-0.4, -0.2) is 25.2 Å². The molecule has 2 unspecified atom stereocenters. The smallest absolute Gasteiger partial charge is 0.219 e. The molecule has 0 saturated carbocycles. The van der Waals surface area contributed by atoms with Crippen LogP contribution >= 0.6 is 0 Å². The molecule has 4 nitrogen and oxygen atoms in total. The highest BCUT2D eigenvalue weighted by molar-refractivity contribution is 6.01. The van der Waals surface area contributed by atoms with Crippen LogP contribution in [0.15, 0.2) is 59.6 Å². The number of hydrogen-bond acceptors (Lipinski definition) is 4. The van der Waals surface area contributed by atoms with E-state index < -0.39 is 12.3 Å². The third kappa shape index (κ3) is 2.51. The van der Waals surface area contributed by atoms with Gasteiger partial charge in [0, 0.05) is 5.56 Å². The third-order valence-electron chi connectivity index (χ3n) is 3.44. The summed E-state index contributed by atoms with van der Waals surface area (Å²) in [7, 11) is 1.76. The maximum absolute atomic E-state index is 9.14. The number of likely N-dealkylation sites (N-methyl/N-ethyl adjacent to an activating group) is 1. The standard InChI is InChI=1S/C17H15N3O/c1-19-17-15(11-18)20-16(21-17)14-10-6-5-9-13(14)12-7-3-2-4-8-12/h2-10,15,17,19H,1H3. The molecule has 0 fully saturated rings. The highest BCUT2D eigenvalue weighted by Crippen LogP contribution is 2.27. The Morgan fingerprint density at radius 1 is 1.05 bits per heavy atom. The van der Waals surface area contributed by atoms with Gasteiger partial charge in [0.05, 0.1) is 6.07 Å². The Kier molecular flexibility index (Phi) is 3.67. The van der Waals surface area contributed by atoms with Crippen molar-refractivity contribution in [3.05, 3.63) is 60.2 Å². The minimum absolute atomic E-state index is 0.395. The lowest BCUT2D eigenvalue weighted by Crippen LogP contribution is -2.34. The first-order valence-electron chi connectivity index (χ1n) is 6.79. The summed E-state index contributed by atoms with van der Waals surface area (Å²) in [4.78, 5) is 4.39. The maximum atomic E-state index is 9.14. The molecule has 104 valence electrons. The van der Waals surface area contributed by atoms with E-state index >= 15 is 0 Å². The number of benzene rings is 2. The van der Waals surface area contributed by atoms with Gasteiger partial charge >= 0.3 is 0 Å². The molecular weight excluding hydrogens is 262 g/mol. The number of nitrogens with one attached hydrogen (secondary N) is 1. The molecule has 0 radical (unpaired) electrons. The maximum Gasteiger partial charge on any atom is 0.219 e. The first-order valence-corrected chi connectivity index (χ1v) is 6.79. The summed E-state index contributed by atoms with van der Waals surface area (Å²) in [5.41, 5.74) is 3.05. The minimum atomic E-state index is -0.520. The van der Waals surface area contributed by atoms with Gasteiger partial charge in [0.15, 0.2) is 12.3 Å². The zero-order valence-corrected chi connectivity index (χ0v) is 11.7. The number of ether oxygens (including phenoxy) is 1. The molecule has 0 aromatic heterocycles. The fourth-order valence-corrected chi connectivity index (χ4v) is 2.39. The van der Waals surface area contributed by atoms with Crippen LogP contribution in [0, 0.1) is 11.3 Å². The SMILES string of the molecule is CNC1OC(c2ccccc2-c2ccccc2)=NC1C#N. The molecule has 1 aliphatic rings. The van der Waals surface area contributed by atoms with Gasteiger partial charge in [-0.2, -0.15) is 5.26 Å². The Bertz CT molecular complexity index is 703. The lowest BCUT2D eigenvalue weighted by molar-refractivity contribution is 0.179. The van der Waals surface area contributed by atoms with E-state index in [4.69, 9.17) is 10.00 Å². The highest BCUT2D eigenvalue weighted by atomic mass is 16.5. The van der Waals surface area contributed by atoms with Crippen LogP contribution in [0.2, 0.25) is 0 Å². The lowest BCUT2D eigenvalue weighted by atomic mass is 10.00. The summed E-state index contributed by atoms with van der Waals surface area (Å²) in [6, 6.07) is 19.6. The van der Waals surface area contributed by atoms with Crippen LogP contribution < -0.4 is 5.32 Å². The van der Waals surface area contributed by atoms with E-state index in [0.717, 1.165) is 16.7 Å². The van der Waals surface area contributed by atoms with Crippen molar-refractivity contribution in [1.29, 1.82) is 5.26 Å². The van der Waals surface area contributed by atoms with Gasteiger partial charge in [0.2, 0.25) is 5.90 Å².